The van der Waals surface area contributed by atoms with Crippen LogP contribution in [0.3, 0.4) is 0 Å². The van der Waals surface area contributed by atoms with Crippen LogP contribution in [0, 0.1) is 11.3 Å². The fourth-order valence-corrected chi connectivity index (χ4v) is 5.56. The summed E-state index contributed by atoms with van der Waals surface area (Å²) < 4.78 is 6.69. The molecule has 19 heavy (non-hydrogen) atoms. The number of rotatable bonds is 9. The first kappa shape index (κ1) is 18.8. The van der Waals surface area contributed by atoms with E-state index >= 15 is 0 Å². The minimum absolute atomic E-state index is 0.148. The lowest BCUT2D eigenvalue weighted by Gasteiger charge is -2.40. The van der Waals surface area contributed by atoms with Crippen molar-refractivity contribution in [2.24, 2.45) is 11.3 Å². The Labute approximate surface area is 121 Å². The van der Waals surface area contributed by atoms with Gasteiger partial charge in [0.1, 0.15) is 6.29 Å². The molecule has 0 aromatic carbocycles. The van der Waals surface area contributed by atoms with Crippen molar-refractivity contribution in [2.75, 3.05) is 0 Å². The van der Waals surface area contributed by atoms with E-state index < -0.39 is 8.32 Å². The van der Waals surface area contributed by atoms with Crippen LogP contribution in [-0.2, 0) is 9.22 Å². The van der Waals surface area contributed by atoms with E-state index in [1.54, 1.807) is 0 Å². The summed E-state index contributed by atoms with van der Waals surface area (Å²) in [5.41, 5.74) is 0.148. The summed E-state index contributed by atoms with van der Waals surface area (Å²) in [4.78, 5) is 10.7. The molecule has 0 bridgehead atoms. The van der Waals surface area contributed by atoms with Crippen LogP contribution in [-0.4, -0.2) is 20.7 Å². The molecule has 0 N–H and O–H groups in total. The first-order chi connectivity index (χ1) is 8.74. The average molecular weight is 287 g/mol. The van der Waals surface area contributed by atoms with E-state index in [9.17, 15) is 4.79 Å². The highest BCUT2D eigenvalue weighted by Gasteiger charge is 2.36. The highest BCUT2D eigenvalue weighted by molar-refractivity contribution is 6.73. The smallest absolute Gasteiger partial charge is 0.192 e. The van der Waals surface area contributed by atoms with Gasteiger partial charge < -0.3 is 9.22 Å². The molecular formula is C16H34O2Si. The SMILES string of the molecule is CC[Si](CC)(CC)O[C@@H](C[C@@H](C)CC=O)C(C)(C)C. The number of aldehydes is 1. The van der Waals surface area contributed by atoms with Gasteiger partial charge >= 0.3 is 0 Å². The summed E-state index contributed by atoms with van der Waals surface area (Å²) in [5, 5.41) is 0. The molecule has 0 radical (unpaired) electrons. The predicted octanol–water partition coefficient (Wildman–Crippen LogP) is 5.04. The molecule has 0 aliphatic carbocycles. The summed E-state index contributed by atoms with van der Waals surface area (Å²) in [7, 11) is -1.57. The van der Waals surface area contributed by atoms with Crippen molar-refractivity contribution in [1.82, 2.24) is 0 Å². The zero-order valence-electron chi connectivity index (χ0n) is 14.1. The number of carbonyl (C=O) groups is 1. The number of hydrogen-bond donors (Lipinski definition) is 0. The molecule has 0 unspecified atom stereocenters. The van der Waals surface area contributed by atoms with Crippen LogP contribution in [0.25, 0.3) is 0 Å². The quantitative estimate of drug-likeness (QED) is 0.438. The Bertz CT molecular complexity index is 246. The molecular weight excluding hydrogens is 252 g/mol. The van der Waals surface area contributed by atoms with Crippen LogP contribution in [0.1, 0.15) is 61.3 Å². The van der Waals surface area contributed by atoms with Gasteiger partial charge in [0.2, 0.25) is 0 Å². The van der Waals surface area contributed by atoms with Gasteiger partial charge in [0.15, 0.2) is 8.32 Å². The third kappa shape index (κ3) is 6.22. The van der Waals surface area contributed by atoms with Crippen molar-refractivity contribution in [3.8, 4) is 0 Å². The Morgan fingerprint density at radius 3 is 1.89 bits per heavy atom. The van der Waals surface area contributed by atoms with E-state index in [1.165, 1.54) is 18.1 Å². The summed E-state index contributed by atoms with van der Waals surface area (Å²) in [6, 6.07) is 3.57. The van der Waals surface area contributed by atoms with Gasteiger partial charge in [-0.3, -0.25) is 0 Å². The molecule has 0 aliphatic heterocycles. The lowest BCUT2D eigenvalue weighted by Crippen LogP contribution is -2.45. The first-order valence-corrected chi connectivity index (χ1v) is 10.4. The standard InChI is InChI=1S/C16H34O2Si/c1-8-19(9-2,10-3)18-15(16(5,6)7)13-14(4)11-12-17/h12,14-15H,8-11,13H2,1-7H3/t14-,15-/m0/s1. The van der Waals surface area contributed by atoms with E-state index in [2.05, 4.69) is 48.5 Å². The molecule has 0 heterocycles. The van der Waals surface area contributed by atoms with Crippen molar-refractivity contribution in [2.45, 2.75) is 85.5 Å². The van der Waals surface area contributed by atoms with Gasteiger partial charge in [-0.2, -0.15) is 0 Å². The Morgan fingerprint density at radius 1 is 1.11 bits per heavy atom. The van der Waals surface area contributed by atoms with Crippen LogP contribution >= 0.6 is 0 Å². The van der Waals surface area contributed by atoms with Crippen molar-refractivity contribution in [3.05, 3.63) is 0 Å². The molecule has 0 spiro atoms. The summed E-state index contributed by atoms with van der Waals surface area (Å²) in [6.07, 6.45) is 2.95. The Balaban J connectivity index is 4.91. The van der Waals surface area contributed by atoms with Gasteiger partial charge in [0.25, 0.3) is 0 Å². The molecule has 0 aliphatic rings. The minimum atomic E-state index is -1.57. The lowest BCUT2D eigenvalue weighted by atomic mass is 9.83. The largest absolute Gasteiger partial charge is 0.413 e. The zero-order valence-corrected chi connectivity index (χ0v) is 15.1. The Kier molecular flexibility index (Phi) is 8.14. The van der Waals surface area contributed by atoms with Crippen LogP contribution in [0.5, 0.6) is 0 Å². The Morgan fingerprint density at radius 2 is 1.58 bits per heavy atom. The lowest BCUT2D eigenvalue weighted by molar-refractivity contribution is -0.108. The molecule has 0 saturated heterocycles. The van der Waals surface area contributed by atoms with Gasteiger partial charge in [-0.25, -0.2) is 0 Å². The average Bonchev–Trinajstić information content (AvgIpc) is 2.34. The van der Waals surface area contributed by atoms with Crippen LogP contribution in [0.2, 0.25) is 18.1 Å². The monoisotopic (exact) mass is 286 g/mol. The van der Waals surface area contributed by atoms with E-state index in [0.717, 1.165) is 12.7 Å². The van der Waals surface area contributed by atoms with E-state index in [4.69, 9.17) is 4.43 Å². The number of hydrogen-bond acceptors (Lipinski definition) is 2. The van der Waals surface area contributed by atoms with Crippen molar-refractivity contribution in [3.63, 3.8) is 0 Å². The van der Waals surface area contributed by atoms with Crippen LogP contribution in [0.4, 0.5) is 0 Å². The van der Waals surface area contributed by atoms with Crippen molar-refractivity contribution in [1.29, 1.82) is 0 Å². The molecule has 114 valence electrons. The van der Waals surface area contributed by atoms with Gasteiger partial charge in [0.05, 0.1) is 6.10 Å². The molecule has 0 amide bonds. The van der Waals surface area contributed by atoms with E-state index in [0.29, 0.717) is 12.3 Å². The van der Waals surface area contributed by atoms with Gasteiger partial charge in [-0.15, -0.1) is 0 Å². The maximum absolute atomic E-state index is 10.7. The number of carbonyl (C=O) groups excluding carboxylic acids is 1. The topological polar surface area (TPSA) is 26.3 Å². The van der Waals surface area contributed by atoms with E-state index in [1.807, 2.05) is 0 Å². The Hall–Kier alpha value is -0.153. The second-order valence-electron chi connectivity index (χ2n) is 6.96. The first-order valence-electron chi connectivity index (χ1n) is 7.86. The van der Waals surface area contributed by atoms with E-state index in [-0.39, 0.29) is 11.5 Å². The molecule has 2 atom stereocenters. The zero-order chi connectivity index (χ0) is 15.1. The second kappa shape index (κ2) is 8.20. The molecule has 0 aromatic rings. The summed E-state index contributed by atoms with van der Waals surface area (Å²) in [6.45, 7) is 15.7. The fraction of sp³-hybridized carbons (Fsp3) is 0.938. The normalized spacial score (nSPS) is 16.2. The predicted molar refractivity (Wildman–Crippen MR) is 86.0 cm³/mol. The van der Waals surface area contributed by atoms with Crippen LogP contribution < -0.4 is 0 Å². The van der Waals surface area contributed by atoms with Gasteiger partial charge in [0, 0.05) is 6.42 Å². The maximum Gasteiger partial charge on any atom is 0.192 e. The molecule has 0 aromatic heterocycles. The summed E-state index contributed by atoms with van der Waals surface area (Å²) in [5.74, 6) is 0.416. The van der Waals surface area contributed by atoms with Crippen molar-refractivity contribution >= 4 is 14.6 Å². The van der Waals surface area contributed by atoms with Crippen LogP contribution in [0.15, 0.2) is 0 Å². The highest BCUT2D eigenvalue weighted by Crippen LogP contribution is 2.34. The molecule has 2 nitrogen and oxygen atoms in total. The molecule has 0 rings (SSSR count). The summed E-state index contributed by atoms with van der Waals surface area (Å²) >= 11 is 0. The third-order valence-corrected chi connectivity index (χ3v) is 9.06. The third-order valence-electron chi connectivity index (χ3n) is 4.41. The second-order valence-corrected chi connectivity index (χ2v) is 11.7. The fourth-order valence-electron chi connectivity index (χ4n) is 2.51. The highest BCUT2D eigenvalue weighted by atomic mass is 28.4. The molecule has 3 heteroatoms. The maximum atomic E-state index is 10.7. The minimum Gasteiger partial charge on any atom is -0.413 e. The van der Waals surface area contributed by atoms with Gasteiger partial charge in [-0.1, -0.05) is 48.5 Å². The molecule has 0 saturated carbocycles. The van der Waals surface area contributed by atoms with Crippen molar-refractivity contribution < 1.29 is 9.22 Å². The van der Waals surface area contributed by atoms with Gasteiger partial charge in [-0.05, 0) is 35.9 Å². The molecule has 0 fully saturated rings.